The maximum Gasteiger partial charge on any atom is 0.290 e. The molecule has 12 nitrogen and oxygen atoms in total. The summed E-state index contributed by atoms with van der Waals surface area (Å²) in [6.07, 6.45) is 4.34. The minimum absolute atomic E-state index is 0.0673. The van der Waals surface area contributed by atoms with Gasteiger partial charge in [0.1, 0.15) is 5.75 Å². The first-order valence-electron chi connectivity index (χ1n) is 15.5. The van der Waals surface area contributed by atoms with Gasteiger partial charge in [-0.25, -0.2) is 0 Å². The Kier molecular flexibility index (Phi) is 14.9. The van der Waals surface area contributed by atoms with Gasteiger partial charge in [-0.15, -0.1) is 0 Å². The van der Waals surface area contributed by atoms with Crippen molar-refractivity contribution in [3.05, 3.63) is 71.4 Å². The van der Waals surface area contributed by atoms with Gasteiger partial charge < -0.3 is 35.8 Å². The highest BCUT2D eigenvalue weighted by Gasteiger charge is 2.38. The number of methoxy groups -OCH3 is 1. The van der Waals surface area contributed by atoms with Crippen LogP contribution in [-0.2, 0) is 36.9 Å². The molecule has 0 radical (unpaired) electrons. The zero-order valence-electron chi connectivity index (χ0n) is 26.6. The smallest absolute Gasteiger partial charge is 0.290 e. The van der Waals surface area contributed by atoms with Crippen LogP contribution in [0.5, 0.6) is 5.75 Å². The molecule has 46 heavy (non-hydrogen) atoms. The number of aromatic nitrogens is 1. The Morgan fingerprint density at radius 1 is 1.07 bits per heavy atom. The zero-order valence-corrected chi connectivity index (χ0v) is 26.6. The summed E-state index contributed by atoms with van der Waals surface area (Å²) in [5.74, 6) is 0.123. The van der Waals surface area contributed by atoms with Gasteiger partial charge in [0.05, 0.1) is 10.9 Å². The highest BCUT2D eigenvalue weighted by Crippen LogP contribution is 2.30. The topological polar surface area (TPSA) is 168 Å². The lowest BCUT2D eigenvalue weighted by atomic mass is 9.77. The van der Waals surface area contributed by atoms with E-state index in [1.807, 2.05) is 43.3 Å². The number of carbonyl (C=O) groups is 4. The van der Waals surface area contributed by atoms with Gasteiger partial charge in [0.2, 0.25) is 11.8 Å². The fraction of sp³-hybridized carbons (Fsp3) is 0.441. The average Bonchev–Trinajstić information content (AvgIpc) is 3.06. The summed E-state index contributed by atoms with van der Waals surface area (Å²) in [5.41, 5.74) is 2.89. The lowest BCUT2D eigenvalue weighted by Crippen LogP contribution is -2.50. The van der Waals surface area contributed by atoms with E-state index in [0.29, 0.717) is 57.7 Å². The Balaban J connectivity index is 0.00000185. The lowest BCUT2D eigenvalue weighted by molar-refractivity contribution is -0.133. The van der Waals surface area contributed by atoms with E-state index in [9.17, 15) is 14.4 Å². The average molecular weight is 636 g/mol. The van der Waals surface area contributed by atoms with Gasteiger partial charge >= 0.3 is 0 Å². The van der Waals surface area contributed by atoms with Gasteiger partial charge in [-0.2, -0.15) is 0 Å². The summed E-state index contributed by atoms with van der Waals surface area (Å²) in [6.45, 7) is 4.52. The normalized spacial score (nSPS) is 18.2. The van der Waals surface area contributed by atoms with Crippen molar-refractivity contribution in [3.8, 4) is 5.75 Å². The number of carbonyl (C=O) groups excluding carboxylic acids is 3. The van der Waals surface area contributed by atoms with Crippen LogP contribution in [0.1, 0.15) is 42.4 Å². The predicted molar refractivity (Wildman–Crippen MR) is 174 cm³/mol. The number of benzene rings is 2. The quantitative estimate of drug-likeness (QED) is 0.256. The fourth-order valence-corrected chi connectivity index (χ4v) is 5.29. The Morgan fingerprint density at radius 2 is 1.83 bits per heavy atom. The molecule has 1 unspecified atom stereocenters. The largest absolute Gasteiger partial charge is 0.484 e. The molecule has 1 atom stereocenters. The van der Waals surface area contributed by atoms with Crippen molar-refractivity contribution in [2.24, 2.45) is 5.41 Å². The van der Waals surface area contributed by atoms with Crippen molar-refractivity contribution in [2.45, 2.75) is 45.6 Å². The third-order valence-corrected chi connectivity index (χ3v) is 7.84. The van der Waals surface area contributed by atoms with Crippen molar-refractivity contribution in [2.75, 3.05) is 46.5 Å². The minimum atomic E-state index is -0.967. The molecule has 2 aliphatic rings. The van der Waals surface area contributed by atoms with Crippen molar-refractivity contribution in [1.29, 1.82) is 0 Å². The molecule has 1 aromatic heterocycles. The molecular weight excluding hydrogens is 590 g/mol. The van der Waals surface area contributed by atoms with E-state index in [0.717, 1.165) is 40.6 Å². The molecule has 2 bridgehead atoms. The summed E-state index contributed by atoms with van der Waals surface area (Å²) >= 11 is 0. The fourth-order valence-electron chi connectivity index (χ4n) is 5.29. The number of hydrogen-bond acceptors (Lipinski definition) is 8. The van der Waals surface area contributed by atoms with Crippen molar-refractivity contribution in [3.63, 3.8) is 0 Å². The van der Waals surface area contributed by atoms with Crippen molar-refractivity contribution < 1.29 is 33.8 Å². The lowest BCUT2D eigenvalue weighted by Gasteiger charge is -2.33. The van der Waals surface area contributed by atoms with Crippen LogP contribution in [-0.4, -0.2) is 80.8 Å². The standard InChI is InChI=1S/C33H43N5O5.CH2O2/c1-24-8-11-26(28-6-3-17-36-31(24)28)21-37-32(41)33(14-19-42-2)20-25-9-12-27(13-10-25)43-22-30(40)35-18-5-16-34-15-4-7-29(39)38-23-33;2-1-3/h3,6,8-13,17,34H,4-5,7,14-16,18-23H2,1-2H3,(H,35,40)(H,37,41)(H,38,39);1H,(H,2,3). The van der Waals surface area contributed by atoms with E-state index in [2.05, 4.69) is 26.3 Å². The second-order valence-electron chi connectivity index (χ2n) is 11.2. The van der Waals surface area contributed by atoms with Crippen molar-refractivity contribution >= 4 is 35.1 Å². The Morgan fingerprint density at radius 3 is 2.59 bits per heavy atom. The maximum absolute atomic E-state index is 14.1. The predicted octanol–water partition coefficient (Wildman–Crippen LogP) is 2.51. The molecule has 0 aliphatic carbocycles. The minimum Gasteiger partial charge on any atom is -0.484 e. The number of aryl methyl sites for hydroxylation is 1. The first-order chi connectivity index (χ1) is 22.3. The summed E-state index contributed by atoms with van der Waals surface area (Å²) in [4.78, 5) is 52.1. The number of amides is 3. The van der Waals surface area contributed by atoms with E-state index in [-0.39, 0.29) is 37.3 Å². The van der Waals surface area contributed by atoms with E-state index < -0.39 is 5.41 Å². The van der Waals surface area contributed by atoms with Gasteiger partial charge in [-0.3, -0.25) is 24.2 Å². The third kappa shape index (κ3) is 11.1. The van der Waals surface area contributed by atoms with Gasteiger partial charge in [-0.05, 0) is 80.6 Å². The second-order valence-corrected chi connectivity index (χ2v) is 11.2. The summed E-state index contributed by atoms with van der Waals surface area (Å²) in [6, 6.07) is 15.3. The van der Waals surface area contributed by atoms with Crippen LogP contribution in [0.25, 0.3) is 10.9 Å². The van der Waals surface area contributed by atoms with Gasteiger partial charge in [-0.1, -0.05) is 30.3 Å². The molecule has 3 aromatic rings. The molecule has 3 amide bonds. The molecule has 2 aromatic carbocycles. The van der Waals surface area contributed by atoms with Crippen LogP contribution in [0.15, 0.2) is 54.7 Å². The summed E-state index contributed by atoms with van der Waals surface area (Å²) in [5, 5.41) is 20.3. The van der Waals surface area contributed by atoms with E-state index in [1.54, 1.807) is 25.4 Å². The number of nitrogens with one attached hydrogen (secondary N) is 4. The molecule has 248 valence electrons. The molecule has 0 saturated carbocycles. The number of hydrogen-bond donors (Lipinski definition) is 5. The monoisotopic (exact) mass is 635 g/mol. The zero-order chi connectivity index (χ0) is 33.2. The van der Waals surface area contributed by atoms with Crippen LogP contribution < -0.4 is 26.0 Å². The van der Waals surface area contributed by atoms with E-state index in [4.69, 9.17) is 19.4 Å². The molecule has 5 rings (SSSR count). The number of fused-ring (bicyclic) bond motifs is 18. The molecular formula is C34H45N5O7. The molecule has 3 heterocycles. The number of ether oxygens (including phenoxy) is 2. The van der Waals surface area contributed by atoms with Crippen LogP contribution in [0.3, 0.4) is 0 Å². The second kappa shape index (κ2) is 19.1. The number of nitrogens with zero attached hydrogens (tertiary/aromatic N) is 1. The summed E-state index contributed by atoms with van der Waals surface area (Å²) in [7, 11) is 1.61. The van der Waals surface area contributed by atoms with Gasteiger partial charge in [0.15, 0.2) is 6.61 Å². The van der Waals surface area contributed by atoms with Crippen molar-refractivity contribution in [1.82, 2.24) is 26.3 Å². The number of rotatable bonds is 6. The van der Waals surface area contributed by atoms with E-state index in [1.165, 1.54) is 0 Å². The highest BCUT2D eigenvalue weighted by molar-refractivity contribution is 5.87. The first-order valence-corrected chi connectivity index (χ1v) is 15.5. The Labute approximate surface area is 269 Å². The van der Waals surface area contributed by atoms with Crippen LogP contribution in [0.2, 0.25) is 0 Å². The molecule has 12 heteroatoms. The molecule has 0 saturated heterocycles. The SMILES string of the molecule is COCCC1(C(=O)NCc2ccc(C)c3ncccc23)CNC(=O)CCCNCCCNC(=O)COc2ccc(cc2)C1.O=CO. The molecule has 2 aliphatic heterocycles. The Bertz CT molecular complexity index is 1430. The van der Waals surface area contributed by atoms with Gasteiger partial charge in [0.25, 0.3) is 12.4 Å². The first kappa shape index (κ1) is 35.9. The maximum atomic E-state index is 14.1. The molecule has 5 N–H and O–H groups in total. The van der Waals surface area contributed by atoms with Crippen LogP contribution >= 0.6 is 0 Å². The number of carboxylic acid groups (broad SMARTS) is 1. The van der Waals surface area contributed by atoms with Gasteiger partial charge in [0, 0.05) is 51.4 Å². The van der Waals surface area contributed by atoms with Crippen LogP contribution in [0, 0.1) is 12.3 Å². The highest BCUT2D eigenvalue weighted by atomic mass is 16.5. The molecule has 0 fully saturated rings. The van der Waals surface area contributed by atoms with Crippen LogP contribution in [0.4, 0.5) is 0 Å². The summed E-state index contributed by atoms with van der Waals surface area (Å²) < 4.78 is 11.1. The Hall–Kier alpha value is -4.55. The third-order valence-electron chi connectivity index (χ3n) is 7.84. The molecule has 0 spiro atoms. The van der Waals surface area contributed by atoms with E-state index >= 15 is 0 Å². The number of pyridine rings is 1.